The normalized spacial score (nSPS) is 39.7. The molecule has 5 atom stereocenters. The Hall–Kier alpha value is 0.177. The van der Waals surface area contributed by atoms with Crippen molar-refractivity contribution in [3.63, 3.8) is 0 Å². The highest BCUT2D eigenvalue weighted by Gasteiger charge is 2.50. The Kier molecular flexibility index (Phi) is 4.21. The highest BCUT2D eigenvalue weighted by atomic mass is 28.3. The first kappa shape index (κ1) is 15.2. The second kappa shape index (κ2) is 4.69. The molecule has 102 valence electrons. The fourth-order valence-electron chi connectivity index (χ4n) is 4.45. The van der Waals surface area contributed by atoms with Crippen LogP contribution in [0.3, 0.4) is 0 Å². The molecule has 0 aromatic heterocycles. The van der Waals surface area contributed by atoms with E-state index in [4.69, 9.17) is 0 Å². The number of hydrogen-bond donors (Lipinski definition) is 1. The second-order valence-electron chi connectivity index (χ2n) is 8.06. The van der Waals surface area contributed by atoms with Crippen LogP contribution < -0.4 is 4.98 Å². The van der Waals surface area contributed by atoms with Crippen molar-refractivity contribution in [2.75, 3.05) is 0 Å². The summed E-state index contributed by atoms with van der Waals surface area (Å²) in [5, 5.41) is 0. The predicted molar refractivity (Wildman–Crippen MR) is 80.8 cm³/mol. The van der Waals surface area contributed by atoms with Crippen LogP contribution in [0, 0.1) is 23.7 Å². The van der Waals surface area contributed by atoms with Gasteiger partial charge in [-0.05, 0) is 50.0 Å². The van der Waals surface area contributed by atoms with Crippen LogP contribution in [0.15, 0.2) is 0 Å². The maximum atomic E-state index is 3.98. The summed E-state index contributed by atoms with van der Waals surface area (Å²) in [6.45, 7) is 21.8. The molecule has 2 heteroatoms. The molecule has 17 heavy (non-hydrogen) atoms. The lowest BCUT2D eigenvalue weighted by atomic mass is 9.92. The predicted octanol–water partition coefficient (Wildman–Crippen LogP) is 4.51. The average molecular weight is 256 g/mol. The van der Waals surface area contributed by atoms with E-state index in [0.717, 1.165) is 29.2 Å². The lowest BCUT2D eigenvalue weighted by molar-refractivity contribution is 0.352. The van der Waals surface area contributed by atoms with Crippen molar-refractivity contribution in [3.05, 3.63) is 0 Å². The van der Waals surface area contributed by atoms with E-state index in [-0.39, 0.29) is 5.54 Å². The number of hydrogen-bond acceptors (Lipinski definition) is 1. The van der Waals surface area contributed by atoms with E-state index in [0.29, 0.717) is 0 Å². The molecular formula is C15H33NSi. The van der Waals surface area contributed by atoms with E-state index >= 15 is 0 Å². The van der Waals surface area contributed by atoms with Crippen LogP contribution in [0.1, 0.15) is 48.5 Å². The molecule has 0 saturated heterocycles. The van der Waals surface area contributed by atoms with Crippen molar-refractivity contribution in [1.29, 1.82) is 0 Å². The minimum Gasteiger partial charge on any atom is -0.332 e. The third kappa shape index (κ3) is 3.14. The van der Waals surface area contributed by atoms with Crippen LogP contribution >= 0.6 is 0 Å². The lowest BCUT2D eigenvalue weighted by Crippen LogP contribution is -2.58. The summed E-state index contributed by atoms with van der Waals surface area (Å²) >= 11 is 0. The fourth-order valence-corrected chi connectivity index (χ4v) is 9.79. The zero-order valence-corrected chi connectivity index (χ0v) is 14.4. The Morgan fingerprint density at radius 2 is 1.12 bits per heavy atom. The van der Waals surface area contributed by atoms with E-state index in [1.807, 2.05) is 0 Å². The molecular weight excluding hydrogens is 222 g/mol. The highest BCUT2D eigenvalue weighted by molar-refractivity contribution is 6.76. The van der Waals surface area contributed by atoms with Crippen molar-refractivity contribution in [1.82, 2.24) is 4.98 Å². The molecule has 1 nitrogen and oxygen atoms in total. The second-order valence-corrected chi connectivity index (χ2v) is 12.4. The smallest absolute Gasteiger partial charge is 0.123 e. The van der Waals surface area contributed by atoms with Crippen LogP contribution in [0.5, 0.6) is 0 Å². The molecule has 0 heterocycles. The van der Waals surface area contributed by atoms with Crippen molar-refractivity contribution >= 4 is 8.24 Å². The van der Waals surface area contributed by atoms with Crippen molar-refractivity contribution in [2.45, 2.75) is 72.6 Å². The molecule has 1 rings (SSSR count). The highest BCUT2D eigenvalue weighted by Crippen LogP contribution is 2.53. The van der Waals surface area contributed by atoms with Crippen LogP contribution in [-0.2, 0) is 0 Å². The van der Waals surface area contributed by atoms with Crippen LogP contribution in [0.25, 0.3) is 0 Å². The molecule has 0 radical (unpaired) electrons. The van der Waals surface area contributed by atoms with Gasteiger partial charge in [0.2, 0.25) is 0 Å². The maximum Gasteiger partial charge on any atom is 0.123 e. The average Bonchev–Trinajstić information content (AvgIpc) is 2.27. The summed E-state index contributed by atoms with van der Waals surface area (Å²) in [5.74, 6) is 3.50. The van der Waals surface area contributed by atoms with Gasteiger partial charge in [0, 0.05) is 5.54 Å². The molecule has 0 bridgehead atoms. The van der Waals surface area contributed by atoms with E-state index in [2.05, 4.69) is 66.5 Å². The number of nitrogens with one attached hydrogen (secondary N) is 1. The van der Waals surface area contributed by atoms with E-state index in [1.54, 1.807) is 0 Å². The molecule has 0 aromatic rings. The SMILES string of the molecule is CC1[C@@H](C)C([Si](C)(C)NC(C)(C)C)[C@H](C)[C@@H]1C. The molecule has 0 spiro atoms. The largest absolute Gasteiger partial charge is 0.332 e. The van der Waals surface area contributed by atoms with Gasteiger partial charge in [0.1, 0.15) is 8.24 Å². The summed E-state index contributed by atoms with van der Waals surface area (Å²) in [4.78, 5) is 3.98. The van der Waals surface area contributed by atoms with Gasteiger partial charge in [-0.15, -0.1) is 0 Å². The summed E-state index contributed by atoms with van der Waals surface area (Å²) in [6, 6.07) is 0. The van der Waals surface area contributed by atoms with Crippen LogP contribution in [-0.4, -0.2) is 13.8 Å². The van der Waals surface area contributed by atoms with E-state index in [1.165, 1.54) is 0 Å². The monoisotopic (exact) mass is 255 g/mol. The molecule has 2 unspecified atom stereocenters. The third-order valence-corrected chi connectivity index (χ3v) is 9.26. The van der Waals surface area contributed by atoms with Crippen LogP contribution in [0.2, 0.25) is 18.6 Å². The third-order valence-electron chi connectivity index (χ3n) is 5.15. The Labute approximate surface area is 110 Å². The fraction of sp³-hybridized carbons (Fsp3) is 1.00. The molecule has 1 fully saturated rings. The quantitative estimate of drug-likeness (QED) is 0.716. The molecule has 0 amide bonds. The lowest BCUT2D eigenvalue weighted by Gasteiger charge is -2.41. The zero-order valence-electron chi connectivity index (χ0n) is 13.4. The van der Waals surface area contributed by atoms with Crippen molar-refractivity contribution in [3.8, 4) is 0 Å². The van der Waals surface area contributed by atoms with Gasteiger partial charge in [0.15, 0.2) is 0 Å². The van der Waals surface area contributed by atoms with Gasteiger partial charge in [-0.25, -0.2) is 0 Å². The Balaban J connectivity index is 2.91. The topological polar surface area (TPSA) is 12.0 Å². The van der Waals surface area contributed by atoms with Crippen molar-refractivity contribution < 1.29 is 0 Å². The summed E-state index contributed by atoms with van der Waals surface area (Å²) in [5.41, 5.74) is 1.16. The Bertz CT molecular complexity index is 253. The van der Waals surface area contributed by atoms with Gasteiger partial charge >= 0.3 is 0 Å². The Morgan fingerprint density at radius 3 is 1.41 bits per heavy atom. The first-order valence-corrected chi connectivity index (χ1v) is 10.3. The standard InChI is InChI=1S/C15H33NSi/c1-10-11(2)13(4)14(12(10)3)17(8,9)16-15(5,6)7/h10-14,16H,1-9H3/t10-,11?,12-,13-,14?/m1/s1. The molecule has 0 aliphatic heterocycles. The van der Waals surface area contributed by atoms with Gasteiger partial charge in [-0.2, -0.15) is 0 Å². The molecule has 1 N–H and O–H groups in total. The van der Waals surface area contributed by atoms with E-state index in [9.17, 15) is 0 Å². The minimum absolute atomic E-state index is 0.254. The zero-order chi connectivity index (χ0) is 13.6. The first-order chi connectivity index (χ1) is 7.47. The molecule has 1 aliphatic carbocycles. The van der Waals surface area contributed by atoms with Crippen LogP contribution in [0.4, 0.5) is 0 Å². The van der Waals surface area contributed by atoms with Gasteiger partial charge < -0.3 is 4.98 Å². The first-order valence-electron chi connectivity index (χ1n) is 7.26. The Morgan fingerprint density at radius 1 is 0.765 bits per heavy atom. The van der Waals surface area contributed by atoms with Gasteiger partial charge in [-0.1, -0.05) is 40.8 Å². The molecule has 0 aromatic carbocycles. The van der Waals surface area contributed by atoms with Gasteiger partial charge in [0.05, 0.1) is 0 Å². The number of rotatable bonds is 2. The molecule has 1 aliphatic rings. The summed E-state index contributed by atoms with van der Waals surface area (Å²) in [7, 11) is -1.37. The van der Waals surface area contributed by atoms with Gasteiger partial charge in [-0.3, -0.25) is 0 Å². The summed E-state index contributed by atoms with van der Waals surface area (Å²) in [6.07, 6.45) is 0. The summed E-state index contributed by atoms with van der Waals surface area (Å²) < 4.78 is 0. The molecule has 1 saturated carbocycles. The van der Waals surface area contributed by atoms with Crippen molar-refractivity contribution in [2.24, 2.45) is 23.7 Å². The minimum atomic E-state index is -1.37. The van der Waals surface area contributed by atoms with E-state index < -0.39 is 8.24 Å². The maximum absolute atomic E-state index is 3.98. The van der Waals surface area contributed by atoms with Gasteiger partial charge in [0.25, 0.3) is 0 Å².